The van der Waals surface area contributed by atoms with Crippen molar-refractivity contribution in [1.82, 2.24) is 9.97 Å². The molecule has 0 aliphatic heterocycles. The quantitative estimate of drug-likeness (QED) is 0.656. The first-order valence-corrected chi connectivity index (χ1v) is 9.37. The van der Waals surface area contributed by atoms with Gasteiger partial charge in [-0.2, -0.15) is 0 Å². The van der Waals surface area contributed by atoms with Crippen molar-refractivity contribution in [1.29, 1.82) is 0 Å². The number of carboxylic acids is 1. The van der Waals surface area contributed by atoms with Crippen molar-refractivity contribution in [2.45, 2.75) is 73.3 Å². The first-order valence-electron chi connectivity index (χ1n) is 9.37. The molecule has 27 heavy (non-hydrogen) atoms. The lowest BCUT2D eigenvalue weighted by atomic mass is 10.0. The highest BCUT2D eigenvalue weighted by atomic mass is 16.6. The van der Waals surface area contributed by atoms with Crippen molar-refractivity contribution >= 4 is 11.9 Å². The van der Waals surface area contributed by atoms with Crippen LogP contribution in [0, 0.1) is 13.8 Å². The molecule has 6 nitrogen and oxygen atoms in total. The Kier molecular flexibility index (Phi) is 5.88. The molecule has 2 aromatic heterocycles. The number of aromatic amines is 2. The van der Waals surface area contributed by atoms with E-state index in [0.717, 1.165) is 40.1 Å². The van der Waals surface area contributed by atoms with E-state index in [9.17, 15) is 14.7 Å². The van der Waals surface area contributed by atoms with E-state index >= 15 is 0 Å². The largest absolute Gasteiger partial charge is 0.477 e. The normalized spacial score (nSPS) is 11.7. The second-order valence-corrected chi connectivity index (χ2v) is 7.86. The number of hydrogen-bond acceptors (Lipinski definition) is 3. The van der Waals surface area contributed by atoms with Crippen LogP contribution in [0.15, 0.2) is 0 Å². The van der Waals surface area contributed by atoms with E-state index in [1.54, 1.807) is 0 Å². The number of H-pyrrole nitrogens is 2. The van der Waals surface area contributed by atoms with Crippen molar-refractivity contribution in [2.75, 3.05) is 0 Å². The number of rotatable bonds is 6. The first-order chi connectivity index (χ1) is 12.5. The van der Waals surface area contributed by atoms with Gasteiger partial charge in [-0.1, -0.05) is 13.8 Å². The summed E-state index contributed by atoms with van der Waals surface area (Å²) in [5.41, 5.74) is 5.67. The maximum Gasteiger partial charge on any atom is 0.355 e. The monoisotopic (exact) mass is 374 g/mol. The zero-order valence-corrected chi connectivity index (χ0v) is 17.3. The highest BCUT2D eigenvalue weighted by Gasteiger charge is 2.25. The van der Waals surface area contributed by atoms with Crippen LogP contribution >= 0.6 is 0 Å². The van der Waals surface area contributed by atoms with Crippen molar-refractivity contribution in [2.24, 2.45) is 0 Å². The average Bonchev–Trinajstić information content (AvgIpc) is 3.03. The second-order valence-electron chi connectivity index (χ2n) is 7.86. The number of carboxylic acid groups (broad SMARTS) is 1. The summed E-state index contributed by atoms with van der Waals surface area (Å²) < 4.78 is 5.51. The predicted octanol–water partition coefficient (Wildman–Crippen LogP) is 4.33. The number of aromatic carboxylic acids is 1. The van der Waals surface area contributed by atoms with Crippen LogP contribution in [0.1, 0.15) is 89.2 Å². The van der Waals surface area contributed by atoms with E-state index in [-0.39, 0.29) is 11.7 Å². The predicted molar refractivity (Wildman–Crippen MR) is 105 cm³/mol. The van der Waals surface area contributed by atoms with Crippen LogP contribution in [-0.2, 0) is 24.0 Å². The molecule has 0 saturated heterocycles. The standard InChI is InChI=1S/C21H30N2O4/c1-8-13-12(4)17(20(26)27-21(5,6)7)23-16(13)10-15-11(3)14(9-2)18(22-15)19(24)25/h22-23H,8-10H2,1-7H3,(H,24,25). The van der Waals surface area contributed by atoms with Crippen LogP contribution in [-0.4, -0.2) is 32.6 Å². The lowest BCUT2D eigenvalue weighted by Gasteiger charge is -2.19. The fourth-order valence-corrected chi connectivity index (χ4v) is 3.53. The number of ether oxygens (including phenoxy) is 1. The lowest BCUT2D eigenvalue weighted by Crippen LogP contribution is -2.24. The minimum atomic E-state index is -0.950. The number of aromatic nitrogens is 2. The molecule has 0 bridgehead atoms. The van der Waals surface area contributed by atoms with E-state index in [1.807, 2.05) is 48.5 Å². The number of carbonyl (C=O) groups excluding carboxylic acids is 1. The number of carbonyl (C=O) groups is 2. The Morgan fingerprint density at radius 1 is 0.926 bits per heavy atom. The summed E-state index contributed by atoms with van der Waals surface area (Å²) >= 11 is 0. The van der Waals surface area contributed by atoms with Crippen LogP contribution in [0.2, 0.25) is 0 Å². The van der Waals surface area contributed by atoms with E-state index in [1.165, 1.54) is 0 Å². The lowest BCUT2D eigenvalue weighted by molar-refractivity contribution is 0.00624. The number of hydrogen-bond donors (Lipinski definition) is 3. The van der Waals surface area contributed by atoms with E-state index in [0.29, 0.717) is 18.5 Å². The summed E-state index contributed by atoms with van der Waals surface area (Å²) in [4.78, 5) is 30.3. The Labute approximate surface area is 160 Å². The van der Waals surface area contributed by atoms with E-state index in [2.05, 4.69) is 9.97 Å². The molecular formula is C21H30N2O4. The van der Waals surface area contributed by atoms with Gasteiger partial charge in [0.05, 0.1) is 0 Å². The van der Waals surface area contributed by atoms with Gasteiger partial charge < -0.3 is 19.8 Å². The molecular weight excluding hydrogens is 344 g/mol. The molecule has 0 unspecified atom stereocenters. The van der Waals surface area contributed by atoms with Gasteiger partial charge in [0.2, 0.25) is 0 Å². The molecule has 0 fully saturated rings. The summed E-state index contributed by atoms with van der Waals surface area (Å²) in [6.45, 7) is 13.4. The molecule has 0 aromatic carbocycles. The van der Waals surface area contributed by atoms with Gasteiger partial charge in [0, 0.05) is 17.8 Å². The molecule has 0 aliphatic carbocycles. The Hall–Kier alpha value is -2.50. The first kappa shape index (κ1) is 20.8. The van der Waals surface area contributed by atoms with Crippen LogP contribution in [0.25, 0.3) is 0 Å². The minimum Gasteiger partial charge on any atom is -0.477 e. The van der Waals surface area contributed by atoms with Crippen LogP contribution in [0.3, 0.4) is 0 Å². The molecule has 148 valence electrons. The van der Waals surface area contributed by atoms with Gasteiger partial charge in [0.25, 0.3) is 0 Å². The smallest absolute Gasteiger partial charge is 0.355 e. The summed E-state index contributed by atoms with van der Waals surface area (Å²) in [6.07, 6.45) is 1.93. The highest BCUT2D eigenvalue weighted by molar-refractivity contribution is 5.90. The van der Waals surface area contributed by atoms with Crippen LogP contribution in [0.5, 0.6) is 0 Å². The Bertz CT molecular complexity index is 866. The second kappa shape index (κ2) is 7.62. The molecule has 0 spiro atoms. The molecule has 0 atom stereocenters. The third kappa shape index (κ3) is 4.26. The zero-order valence-electron chi connectivity index (χ0n) is 17.3. The minimum absolute atomic E-state index is 0.249. The number of nitrogens with one attached hydrogen (secondary N) is 2. The third-order valence-corrected chi connectivity index (χ3v) is 4.83. The molecule has 6 heteroatoms. The van der Waals surface area contributed by atoms with Gasteiger partial charge in [-0.15, -0.1) is 0 Å². The Morgan fingerprint density at radius 3 is 1.93 bits per heavy atom. The Balaban J connectivity index is 2.44. The molecule has 0 radical (unpaired) electrons. The van der Waals surface area contributed by atoms with Gasteiger partial charge in [-0.05, 0) is 69.7 Å². The van der Waals surface area contributed by atoms with Gasteiger partial charge in [-0.3, -0.25) is 0 Å². The van der Waals surface area contributed by atoms with Gasteiger partial charge in [-0.25, -0.2) is 9.59 Å². The van der Waals surface area contributed by atoms with Crippen molar-refractivity contribution in [3.63, 3.8) is 0 Å². The third-order valence-electron chi connectivity index (χ3n) is 4.83. The molecule has 2 rings (SSSR count). The summed E-state index contributed by atoms with van der Waals surface area (Å²) in [6, 6.07) is 0. The molecule has 2 aromatic rings. The maximum absolute atomic E-state index is 12.5. The van der Waals surface area contributed by atoms with Crippen LogP contribution < -0.4 is 0 Å². The van der Waals surface area contributed by atoms with Gasteiger partial charge >= 0.3 is 11.9 Å². The van der Waals surface area contributed by atoms with Crippen molar-refractivity contribution < 1.29 is 19.4 Å². The maximum atomic E-state index is 12.5. The average molecular weight is 374 g/mol. The summed E-state index contributed by atoms with van der Waals surface area (Å²) in [7, 11) is 0. The fourth-order valence-electron chi connectivity index (χ4n) is 3.53. The van der Waals surface area contributed by atoms with E-state index < -0.39 is 11.6 Å². The summed E-state index contributed by atoms with van der Waals surface area (Å²) in [5, 5.41) is 9.43. The zero-order chi connectivity index (χ0) is 20.5. The number of esters is 1. The molecule has 0 aliphatic rings. The summed E-state index contributed by atoms with van der Waals surface area (Å²) in [5.74, 6) is -1.32. The van der Waals surface area contributed by atoms with Gasteiger partial charge in [0.1, 0.15) is 17.0 Å². The molecule has 0 saturated carbocycles. The highest BCUT2D eigenvalue weighted by Crippen LogP contribution is 2.27. The van der Waals surface area contributed by atoms with Gasteiger partial charge in [0.15, 0.2) is 0 Å². The van der Waals surface area contributed by atoms with Crippen molar-refractivity contribution in [3.05, 3.63) is 45.0 Å². The van der Waals surface area contributed by atoms with Crippen molar-refractivity contribution in [3.8, 4) is 0 Å². The molecule has 2 heterocycles. The SMILES string of the molecule is CCc1c(Cc2[nH]c(C(=O)O)c(CC)c2C)[nH]c(C(=O)OC(C)(C)C)c1C. The topological polar surface area (TPSA) is 95.2 Å². The van der Waals surface area contributed by atoms with E-state index in [4.69, 9.17) is 4.74 Å². The molecule has 0 amide bonds. The molecule has 3 N–H and O–H groups in total. The van der Waals surface area contributed by atoms with Crippen LogP contribution in [0.4, 0.5) is 0 Å². The fraction of sp³-hybridized carbons (Fsp3) is 0.524. The Morgan fingerprint density at radius 2 is 1.48 bits per heavy atom.